The normalized spacial score (nSPS) is 29.3. The van der Waals surface area contributed by atoms with Gasteiger partial charge in [0.1, 0.15) is 0 Å². The molecule has 1 aliphatic heterocycles. The Bertz CT molecular complexity index is 85.1. The molecule has 1 rings (SSSR count). The van der Waals surface area contributed by atoms with Gasteiger partial charge in [0.15, 0.2) is 0 Å². The molecule has 1 aliphatic rings. The van der Waals surface area contributed by atoms with Crippen LogP contribution in [0.4, 0.5) is 0 Å². The molecule has 0 aromatic carbocycles. The lowest BCUT2D eigenvalue weighted by Crippen LogP contribution is -2.27. The van der Waals surface area contributed by atoms with Crippen LogP contribution in [-0.4, -0.2) is 36.5 Å². The SMILES string of the molecule is NCCN1CCC(Cl)C1. The third kappa shape index (κ3) is 2.12. The van der Waals surface area contributed by atoms with Crippen molar-refractivity contribution in [3.63, 3.8) is 0 Å². The van der Waals surface area contributed by atoms with E-state index in [4.69, 9.17) is 17.3 Å². The Morgan fingerprint density at radius 2 is 2.44 bits per heavy atom. The van der Waals surface area contributed by atoms with Crippen LogP contribution < -0.4 is 5.73 Å². The summed E-state index contributed by atoms with van der Waals surface area (Å²) >= 11 is 5.86. The zero-order valence-corrected chi connectivity index (χ0v) is 6.27. The number of halogens is 1. The van der Waals surface area contributed by atoms with Gasteiger partial charge in [0.05, 0.1) is 0 Å². The summed E-state index contributed by atoms with van der Waals surface area (Å²) in [5.41, 5.74) is 5.37. The molecule has 0 amide bonds. The molecule has 2 N–H and O–H groups in total. The van der Waals surface area contributed by atoms with Crippen molar-refractivity contribution < 1.29 is 0 Å². The van der Waals surface area contributed by atoms with Crippen LogP contribution >= 0.6 is 11.6 Å². The van der Waals surface area contributed by atoms with Gasteiger partial charge in [0.2, 0.25) is 0 Å². The molecular formula is C6H13ClN2. The minimum atomic E-state index is 0.372. The summed E-state index contributed by atoms with van der Waals surface area (Å²) in [7, 11) is 0. The van der Waals surface area contributed by atoms with Crippen LogP contribution in [0.25, 0.3) is 0 Å². The zero-order chi connectivity index (χ0) is 6.69. The molecule has 0 saturated carbocycles. The minimum absolute atomic E-state index is 0.372. The number of alkyl halides is 1. The zero-order valence-electron chi connectivity index (χ0n) is 5.52. The lowest BCUT2D eigenvalue weighted by atomic mass is 10.4. The molecule has 1 saturated heterocycles. The molecule has 54 valence electrons. The summed E-state index contributed by atoms with van der Waals surface area (Å²) in [6, 6.07) is 0. The molecule has 1 unspecified atom stereocenters. The lowest BCUT2D eigenvalue weighted by molar-refractivity contribution is 0.349. The minimum Gasteiger partial charge on any atom is -0.329 e. The fourth-order valence-corrected chi connectivity index (χ4v) is 1.46. The molecule has 2 nitrogen and oxygen atoms in total. The first kappa shape index (κ1) is 7.32. The number of nitrogens with zero attached hydrogens (tertiary/aromatic N) is 1. The van der Waals surface area contributed by atoms with E-state index in [1.807, 2.05) is 0 Å². The van der Waals surface area contributed by atoms with Crippen LogP contribution in [0.5, 0.6) is 0 Å². The maximum Gasteiger partial charge on any atom is 0.0475 e. The topological polar surface area (TPSA) is 29.3 Å². The van der Waals surface area contributed by atoms with E-state index in [0.29, 0.717) is 5.38 Å². The Balaban J connectivity index is 2.14. The van der Waals surface area contributed by atoms with Gasteiger partial charge in [-0.3, -0.25) is 0 Å². The van der Waals surface area contributed by atoms with Gasteiger partial charge < -0.3 is 10.6 Å². The molecule has 0 bridgehead atoms. The first-order chi connectivity index (χ1) is 4.33. The van der Waals surface area contributed by atoms with Gasteiger partial charge in [-0.1, -0.05) is 0 Å². The van der Waals surface area contributed by atoms with Crippen molar-refractivity contribution >= 4 is 11.6 Å². The van der Waals surface area contributed by atoms with E-state index in [0.717, 1.165) is 32.6 Å². The lowest BCUT2D eigenvalue weighted by Gasteiger charge is -2.11. The van der Waals surface area contributed by atoms with Crippen LogP contribution in [0.3, 0.4) is 0 Å². The van der Waals surface area contributed by atoms with Gasteiger partial charge in [0, 0.05) is 25.0 Å². The third-order valence-corrected chi connectivity index (χ3v) is 2.02. The van der Waals surface area contributed by atoms with Gasteiger partial charge in [0.25, 0.3) is 0 Å². The molecule has 1 heterocycles. The van der Waals surface area contributed by atoms with E-state index in [9.17, 15) is 0 Å². The highest BCUT2D eigenvalue weighted by Crippen LogP contribution is 2.13. The fraction of sp³-hybridized carbons (Fsp3) is 1.00. The molecule has 1 fully saturated rings. The maximum absolute atomic E-state index is 5.86. The number of likely N-dealkylation sites (tertiary alicyclic amines) is 1. The summed E-state index contributed by atoms with van der Waals surface area (Å²) < 4.78 is 0. The highest BCUT2D eigenvalue weighted by atomic mass is 35.5. The summed E-state index contributed by atoms with van der Waals surface area (Å²) in [4.78, 5) is 2.30. The van der Waals surface area contributed by atoms with E-state index in [1.165, 1.54) is 0 Å². The predicted octanol–water partition coefficient (Wildman–Crippen LogP) is 0.258. The van der Waals surface area contributed by atoms with Crippen molar-refractivity contribution in [1.82, 2.24) is 4.90 Å². The second kappa shape index (κ2) is 3.40. The smallest absolute Gasteiger partial charge is 0.0475 e. The van der Waals surface area contributed by atoms with E-state index < -0.39 is 0 Å². The monoisotopic (exact) mass is 148 g/mol. The van der Waals surface area contributed by atoms with E-state index in [1.54, 1.807) is 0 Å². The number of hydrogen-bond donors (Lipinski definition) is 1. The predicted molar refractivity (Wildman–Crippen MR) is 39.8 cm³/mol. The largest absolute Gasteiger partial charge is 0.329 e. The van der Waals surface area contributed by atoms with Gasteiger partial charge in [-0.25, -0.2) is 0 Å². The number of rotatable bonds is 2. The van der Waals surface area contributed by atoms with Gasteiger partial charge in [-0.05, 0) is 13.0 Å². The second-order valence-electron chi connectivity index (χ2n) is 2.48. The highest BCUT2D eigenvalue weighted by molar-refractivity contribution is 6.20. The van der Waals surface area contributed by atoms with Gasteiger partial charge in [-0.2, -0.15) is 0 Å². The van der Waals surface area contributed by atoms with Crippen molar-refractivity contribution in [3.05, 3.63) is 0 Å². The Kier molecular flexibility index (Phi) is 2.76. The van der Waals surface area contributed by atoms with Crippen molar-refractivity contribution in [3.8, 4) is 0 Å². The third-order valence-electron chi connectivity index (χ3n) is 1.66. The Morgan fingerprint density at radius 1 is 1.67 bits per heavy atom. The van der Waals surface area contributed by atoms with Crippen molar-refractivity contribution in [2.24, 2.45) is 5.73 Å². The second-order valence-corrected chi connectivity index (χ2v) is 3.09. The maximum atomic E-state index is 5.86. The molecule has 0 aliphatic carbocycles. The average Bonchev–Trinajstić information content (AvgIpc) is 2.17. The molecular weight excluding hydrogens is 136 g/mol. The quantitative estimate of drug-likeness (QED) is 0.570. The molecule has 0 radical (unpaired) electrons. The molecule has 0 aromatic heterocycles. The fourth-order valence-electron chi connectivity index (χ4n) is 1.17. The summed E-state index contributed by atoms with van der Waals surface area (Å²) in [5, 5.41) is 0.372. The van der Waals surface area contributed by atoms with Crippen molar-refractivity contribution in [2.75, 3.05) is 26.2 Å². The summed E-state index contributed by atoms with van der Waals surface area (Å²) in [5.74, 6) is 0. The van der Waals surface area contributed by atoms with Crippen LogP contribution in [-0.2, 0) is 0 Å². The van der Waals surface area contributed by atoms with Crippen LogP contribution in [0.1, 0.15) is 6.42 Å². The van der Waals surface area contributed by atoms with Crippen LogP contribution in [0.15, 0.2) is 0 Å². The Morgan fingerprint density at radius 3 is 2.89 bits per heavy atom. The number of nitrogens with two attached hydrogens (primary N) is 1. The van der Waals surface area contributed by atoms with Crippen molar-refractivity contribution in [1.29, 1.82) is 0 Å². The Hall–Kier alpha value is 0.210. The highest BCUT2D eigenvalue weighted by Gasteiger charge is 2.18. The van der Waals surface area contributed by atoms with E-state index in [2.05, 4.69) is 4.90 Å². The number of hydrogen-bond acceptors (Lipinski definition) is 2. The Labute approximate surface area is 61.0 Å². The summed E-state index contributed by atoms with van der Waals surface area (Å²) in [6.07, 6.45) is 1.13. The molecule has 3 heteroatoms. The van der Waals surface area contributed by atoms with Crippen LogP contribution in [0, 0.1) is 0 Å². The molecule has 9 heavy (non-hydrogen) atoms. The first-order valence-corrected chi connectivity index (χ1v) is 3.83. The first-order valence-electron chi connectivity index (χ1n) is 3.39. The van der Waals surface area contributed by atoms with Gasteiger partial charge >= 0.3 is 0 Å². The van der Waals surface area contributed by atoms with Crippen LogP contribution in [0.2, 0.25) is 0 Å². The molecule has 1 atom stereocenters. The molecule has 0 aromatic rings. The van der Waals surface area contributed by atoms with E-state index in [-0.39, 0.29) is 0 Å². The van der Waals surface area contributed by atoms with E-state index >= 15 is 0 Å². The molecule has 0 spiro atoms. The average molecular weight is 149 g/mol. The van der Waals surface area contributed by atoms with Crippen molar-refractivity contribution in [2.45, 2.75) is 11.8 Å². The summed E-state index contributed by atoms with van der Waals surface area (Å²) in [6.45, 7) is 3.91. The standard InChI is InChI=1S/C6H13ClN2/c7-6-1-3-9(5-6)4-2-8/h6H,1-5,8H2. The van der Waals surface area contributed by atoms with Gasteiger partial charge in [-0.15, -0.1) is 11.6 Å².